The van der Waals surface area contributed by atoms with Crippen LogP contribution in [-0.4, -0.2) is 25.5 Å². The van der Waals surface area contributed by atoms with Gasteiger partial charge in [-0.05, 0) is 17.7 Å². The Bertz CT molecular complexity index is 801. The first-order chi connectivity index (χ1) is 11.3. The summed E-state index contributed by atoms with van der Waals surface area (Å²) in [7, 11) is 0. The van der Waals surface area contributed by atoms with E-state index in [0.717, 1.165) is 40.1 Å². The van der Waals surface area contributed by atoms with Gasteiger partial charge in [0.1, 0.15) is 0 Å². The summed E-state index contributed by atoms with van der Waals surface area (Å²) in [6.07, 6.45) is 0. The Morgan fingerprint density at radius 2 is 1.78 bits per heavy atom. The van der Waals surface area contributed by atoms with Gasteiger partial charge in [-0.25, -0.2) is 0 Å². The lowest BCUT2D eigenvalue weighted by Crippen LogP contribution is -2.30. The summed E-state index contributed by atoms with van der Waals surface area (Å²) >= 11 is 5.22. The van der Waals surface area contributed by atoms with Crippen molar-refractivity contribution in [2.75, 3.05) is 5.88 Å². The number of aromatic nitrogens is 3. The molecule has 0 unspecified atom stereocenters. The normalized spacial score (nSPS) is 14.7. The van der Waals surface area contributed by atoms with E-state index in [1.807, 2.05) is 12.1 Å². The Morgan fingerprint density at radius 1 is 1.00 bits per heavy atom. The Hall–Kier alpha value is -1.63. The maximum Gasteiger partial charge on any atom is 0.193 e. The van der Waals surface area contributed by atoms with E-state index in [0.29, 0.717) is 0 Å². The van der Waals surface area contributed by atoms with Crippen LogP contribution in [0.25, 0.3) is 11.4 Å². The largest absolute Gasteiger partial charge is 0.288 e. The molecule has 0 amide bonds. The van der Waals surface area contributed by atoms with Crippen LogP contribution in [0.5, 0.6) is 0 Å². The molecule has 0 fully saturated rings. The second kappa shape index (κ2) is 6.47. The third-order valence-corrected chi connectivity index (χ3v) is 5.37. The third-order valence-electron chi connectivity index (χ3n) is 3.79. The van der Waals surface area contributed by atoms with Crippen molar-refractivity contribution in [3.05, 3.63) is 64.6 Å². The molecule has 23 heavy (non-hydrogen) atoms. The van der Waals surface area contributed by atoms with E-state index in [1.54, 1.807) is 11.8 Å². The van der Waals surface area contributed by atoms with Crippen molar-refractivity contribution in [1.29, 1.82) is 0 Å². The smallest absolute Gasteiger partial charge is 0.193 e. The van der Waals surface area contributed by atoms with Crippen LogP contribution in [0.2, 0.25) is 0 Å². The topological polar surface area (TPSA) is 34.0 Å². The highest BCUT2D eigenvalue weighted by Crippen LogP contribution is 2.30. The van der Waals surface area contributed by atoms with Crippen molar-refractivity contribution in [2.24, 2.45) is 0 Å². The van der Waals surface area contributed by atoms with Gasteiger partial charge in [0.2, 0.25) is 0 Å². The maximum absolute atomic E-state index is 4.39. The molecule has 4 rings (SSSR count). The van der Waals surface area contributed by atoms with Gasteiger partial charge in [-0.2, -0.15) is 0 Å². The fraction of sp³-hybridized carbons (Fsp3) is 0.176. The minimum atomic E-state index is 0.815. The maximum atomic E-state index is 4.39. The molecule has 0 saturated carbocycles. The van der Waals surface area contributed by atoms with E-state index >= 15 is 0 Å². The van der Waals surface area contributed by atoms with Gasteiger partial charge in [-0.1, -0.05) is 70.2 Å². The van der Waals surface area contributed by atoms with Gasteiger partial charge < -0.3 is 0 Å². The van der Waals surface area contributed by atoms with Gasteiger partial charge in [0.05, 0.1) is 12.5 Å². The molecule has 6 heteroatoms. The van der Waals surface area contributed by atoms with Crippen molar-refractivity contribution in [3.8, 4) is 11.4 Å². The number of hydrogen-bond acceptors (Lipinski definition) is 4. The SMILES string of the molecule is Brc1ccc(-c2nnc3n2CN(Cc2ccccc2)CS3)cc1. The first-order valence-corrected chi connectivity index (χ1v) is 9.16. The fourth-order valence-corrected chi connectivity index (χ4v) is 3.80. The monoisotopic (exact) mass is 386 g/mol. The quantitative estimate of drug-likeness (QED) is 0.674. The molecule has 0 aliphatic carbocycles. The van der Waals surface area contributed by atoms with Crippen LogP contribution in [0.3, 0.4) is 0 Å². The van der Waals surface area contributed by atoms with E-state index in [9.17, 15) is 0 Å². The van der Waals surface area contributed by atoms with Gasteiger partial charge in [-0.15, -0.1) is 10.2 Å². The zero-order valence-corrected chi connectivity index (χ0v) is 14.8. The van der Waals surface area contributed by atoms with Crippen molar-refractivity contribution in [2.45, 2.75) is 18.4 Å². The van der Waals surface area contributed by atoms with Crippen LogP contribution >= 0.6 is 27.7 Å². The van der Waals surface area contributed by atoms with Crippen molar-refractivity contribution >= 4 is 27.7 Å². The van der Waals surface area contributed by atoms with E-state index in [4.69, 9.17) is 0 Å². The predicted molar refractivity (Wildman–Crippen MR) is 95.9 cm³/mol. The highest BCUT2D eigenvalue weighted by Gasteiger charge is 2.22. The summed E-state index contributed by atoms with van der Waals surface area (Å²) in [5.74, 6) is 1.87. The number of fused-ring (bicyclic) bond motifs is 1. The molecular weight excluding hydrogens is 372 g/mol. The van der Waals surface area contributed by atoms with E-state index < -0.39 is 0 Å². The lowest BCUT2D eigenvalue weighted by Gasteiger charge is -2.27. The molecule has 1 aliphatic heterocycles. The first kappa shape index (κ1) is 14.9. The Morgan fingerprint density at radius 3 is 2.57 bits per heavy atom. The van der Waals surface area contributed by atoms with Gasteiger partial charge in [-0.3, -0.25) is 9.47 Å². The number of thioether (sulfide) groups is 1. The number of halogens is 1. The molecule has 1 aromatic heterocycles. The average molecular weight is 387 g/mol. The van der Waals surface area contributed by atoms with Gasteiger partial charge >= 0.3 is 0 Å². The van der Waals surface area contributed by atoms with Crippen LogP contribution in [0, 0.1) is 0 Å². The molecule has 0 radical (unpaired) electrons. The first-order valence-electron chi connectivity index (χ1n) is 7.38. The number of hydrogen-bond donors (Lipinski definition) is 0. The van der Waals surface area contributed by atoms with E-state index in [-0.39, 0.29) is 0 Å². The number of nitrogens with zero attached hydrogens (tertiary/aromatic N) is 4. The molecule has 1 aliphatic rings. The minimum Gasteiger partial charge on any atom is -0.288 e. The van der Waals surface area contributed by atoms with Gasteiger partial charge in [0.25, 0.3) is 0 Å². The van der Waals surface area contributed by atoms with Crippen molar-refractivity contribution in [3.63, 3.8) is 0 Å². The lowest BCUT2D eigenvalue weighted by atomic mass is 10.2. The lowest BCUT2D eigenvalue weighted by molar-refractivity contribution is 0.231. The molecular formula is C17H15BrN4S. The second-order valence-corrected chi connectivity index (χ2v) is 7.30. The third kappa shape index (κ3) is 3.20. The molecule has 2 heterocycles. The summed E-state index contributed by atoms with van der Waals surface area (Å²) in [5.41, 5.74) is 2.42. The zero-order valence-electron chi connectivity index (χ0n) is 12.4. The number of benzene rings is 2. The number of rotatable bonds is 3. The van der Waals surface area contributed by atoms with Crippen LogP contribution in [0.15, 0.2) is 64.2 Å². The summed E-state index contributed by atoms with van der Waals surface area (Å²) < 4.78 is 3.26. The summed E-state index contributed by atoms with van der Waals surface area (Å²) in [5, 5.41) is 9.72. The molecule has 0 spiro atoms. The van der Waals surface area contributed by atoms with Crippen molar-refractivity contribution < 1.29 is 0 Å². The van der Waals surface area contributed by atoms with Crippen LogP contribution < -0.4 is 0 Å². The summed E-state index contributed by atoms with van der Waals surface area (Å²) in [6.45, 7) is 1.75. The molecule has 0 bridgehead atoms. The predicted octanol–water partition coefficient (Wildman–Crippen LogP) is 4.23. The van der Waals surface area contributed by atoms with Crippen LogP contribution in [0.1, 0.15) is 5.56 Å². The van der Waals surface area contributed by atoms with Gasteiger partial charge in [0, 0.05) is 16.6 Å². The molecule has 4 nitrogen and oxygen atoms in total. The molecule has 116 valence electrons. The van der Waals surface area contributed by atoms with Crippen LogP contribution in [0.4, 0.5) is 0 Å². The molecule has 0 N–H and O–H groups in total. The molecule has 2 aromatic carbocycles. The average Bonchev–Trinajstić information content (AvgIpc) is 3.00. The Balaban J connectivity index is 1.59. The van der Waals surface area contributed by atoms with Gasteiger partial charge in [0.15, 0.2) is 11.0 Å². The minimum absolute atomic E-state index is 0.815. The highest BCUT2D eigenvalue weighted by atomic mass is 79.9. The van der Waals surface area contributed by atoms with Crippen LogP contribution in [-0.2, 0) is 13.2 Å². The molecule has 0 atom stereocenters. The Kier molecular flexibility index (Phi) is 4.20. The summed E-state index contributed by atoms with van der Waals surface area (Å²) in [6, 6.07) is 18.8. The standard InChI is InChI=1S/C17H15BrN4S/c18-15-8-6-14(7-9-15)16-19-20-17-22(16)11-21(12-23-17)10-13-4-2-1-3-5-13/h1-9H,10-12H2. The van der Waals surface area contributed by atoms with E-state index in [1.165, 1.54) is 5.56 Å². The Labute approximate surface area is 147 Å². The molecule has 0 saturated heterocycles. The van der Waals surface area contributed by atoms with E-state index in [2.05, 4.69) is 78.1 Å². The highest BCUT2D eigenvalue weighted by molar-refractivity contribution is 9.10. The summed E-state index contributed by atoms with van der Waals surface area (Å²) in [4.78, 5) is 2.40. The zero-order chi connectivity index (χ0) is 15.6. The second-order valence-electron chi connectivity index (χ2n) is 5.47. The fourth-order valence-electron chi connectivity index (χ4n) is 2.66. The van der Waals surface area contributed by atoms with Crippen molar-refractivity contribution in [1.82, 2.24) is 19.7 Å². The molecule has 3 aromatic rings.